The van der Waals surface area contributed by atoms with E-state index in [-0.39, 0.29) is 23.8 Å². The van der Waals surface area contributed by atoms with Crippen LogP contribution in [0.25, 0.3) is 0 Å². The monoisotopic (exact) mass is 371 g/mol. The number of rotatable bonds is 8. The molecule has 2 rings (SSSR count). The normalized spacial score (nSPS) is 11.1. The van der Waals surface area contributed by atoms with E-state index >= 15 is 0 Å². The van der Waals surface area contributed by atoms with Crippen LogP contribution in [0.4, 0.5) is 0 Å². The average molecular weight is 372 g/mol. The Labute approximate surface area is 146 Å². The molecule has 0 amide bonds. The van der Waals surface area contributed by atoms with Crippen molar-refractivity contribution in [1.82, 2.24) is 4.72 Å². The first-order chi connectivity index (χ1) is 11.5. The van der Waals surface area contributed by atoms with Gasteiger partial charge in [0.15, 0.2) is 0 Å². The number of hydrogen-bond acceptors (Lipinski definition) is 5. The zero-order valence-corrected chi connectivity index (χ0v) is 14.9. The van der Waals surface area contributed by atoms with Gasteiger partial charge in [-0.05, 0) is 30.3 Å². The fraction of sp³-hybridized carbons (Fsp3) is 0.250. The van der Waals surface area contributed by atoms with Crippen molar-refractivity contribution in [3.63, 3.8) is 0 Å². The fourth-order valence-corrected chi connectivity index (χ4v) is 3.42. The Kier molecular flexibility index (Phi) is 6.30. The SMILES string of the molecule is COc1cccc(OCCNS(=O)(=O)c2cc(Cl)ccc2OC)c1. The minimum absolute atomic E-state index is 0.0149. The Hall–Kier alpha value is -1.96. The molecule has 1 N–H and O–H groups in total. The van der Waals surface area contributed by atoms with Gasteiger partial charge >= 0.3 is 0 Å². The van der Waals surface area contributed by atoms with Gasteiger partial charge in [0.05, 0.1) is 14.2 Å². The van der Waals surface area contributed by atoms with E-state index in [1.165, 1.54) is 19.2 Å². The van der Waals surface area contributed by atoms with Gasteiger partial charge in [-0.15, -0.1) is 0 Å². The van der Waals surface area contributed by atoms with Gasteiger partial charge in [-0.25, -0.2) is 13.1 Å². The Morgan fingerprint density at radius 3 is 2.50 bits per heavy atom. The largest absolute Gasteiger partial charge is 0.497 e. The molecule has 0 spiro atoms. The third-order valence-electron chi connectivity index (χ3n) is 3.12. The lowest BCUT2D eigenvalue weighted by Gasteiger charge is -2.12. The summed E-state index contributed by atoms with van der Waals surface area (Å²) in [4.78, 5) is -0.0149. The molecule has 0 bridgehead atoms. The molecule has 130 valence electrons. The molecule has 0 unspecified atom stereocenters. The van der Waals surface area contributed by atoms with Crippen LogP contribution < -0.4 is 18.9 Å². The van der Waals surface area contributed by atoms with E-state index in [9.17, 15) is 8.42 Å². The molecule has 0 radical (unpaired) electrons. The van der Waals surface area contributed by atoms with Crippen LogP contribution in [-0.4, -0.2) is 35.8 Å². The molecule has 8 heteroatoms. The fourth-order valence-electron chi connectivity index (χ4n) is 1.97. The predicted molar refractivity (Wildman–Crippen MR) is 91.7 cm³/mol. The van der Waals surface area contributed by atoms with E-state index in [1.807, 2.05) is 0 Å². The Morgan fingerprint density at radius 1 is 1.04 bits per heavy atom. The van der Waals surface area contributed by atoms with Crippen molar-refractivity contribution in [2.24, 2.45) is 0 Å². The molecular weight excluding hydrogens is 354 g/mol. The minimum Gasteiger partial charge on any atom is -0.497 e. The van der Waals surface area contributed by atoms with Crippen LogP contribution in [0, 0.1) is 0 Å². The minimum atomic E-state index is -3.76. The highest BCUT2D eigenvalue weighted by Crippen LogP contribution is 2.26. The van der Waals surface area contributed by atoms with E-state index < -0.39 is 10.0 Å². The van der Waals surface area contributed by atoms with Crippen molar-refractivity contribution in [2.45, 2.75) is 4.90 Å². The van der Waals surface area contributed by atoms with Gasteiger partial charge in [-0.1, -0.05) is 17.7 Å². The molecule has 0 heterocycles. The summed E-state index contributed by atoms with van der Waals surface area (Å²) in [6.07, 6.45) is 0. The van der Waals surface area contributed by atoms with Crippen LogP contribution in [0.1, 0.15) is 0 Å². The summed E-state index contributed by atoms with van der Waals surface area (Å²) in [6, 6.07) is 11.5. The first-order valence-corrected chi connectivity index (χ1v) is 8.92. The molecular formula is C16H18ClNO5S. The van der Waals surface area contributed by atoms with Crippen LogP contribution >= 0.6 is 11.6 Å². The molecule has 2 aromatic carbocycles. The number of methoxy groups -OCH3 is 2. The second kappa shape index (κ2) is 8.23. The molecule has 6 nitrogen and oxygen atoms in total. The number of hydrogen-bond donors (Lipinski definition) is 1. The Morgan fingerprint density at radius 2 is 1.79 bits per heavy atom. The van der Waals surface area contributed by atoms with Crippen molar-refractivity contribution in [2.75, 3.05) is 27.4 Å². The van der Waals surface area contributed by atoms with Crippen LogP contribution in [0.2, 0.25) is 5.02 Å². The van der Waals surface area contributed by atoms with E-state index in [0.717, 1.165) is 0 Å². The van der Waals surface area contributed by atoms with E-state index in [4.69, 9.17) is 25.8 Å². The lowest BCUT2D eigenvalue weighted by Crippen LogP contribution is -2.28. The van der Waals surface area contributed by atoms with Crippen LogP contribution in [0.3, 0.4) is 0 Å². The van der Waals surface area contributed by atoms with Crippen LogP contribution in [-0.2, 0) is 10.0 Å². The van der Waals surface area contributed by atoms with Crippen molar-refractivity contribution in [1.29, 1.82) is 0 Å². The van der Waals surface area contributed by atoms with Gasteiger partial charge in [0, 0.05) is 17.6 Å². The molecule has 0 fully saturated rings. The van der Waals surface area contributed by atoms with Crippen LogP contribution in [0.5, 0.6) is 17.2 Å². The van der Waals surface area contributed by atoms with Gasteiger partial charge in [0.2, 0.25) is 10.0 Å². The first kappa shape index (κ1) is 18.4. The quantitative estimate of drug-likeness (QED) is 0.722. The molecule has 0 saturated heterocycles. The van der Waals surface area contributed by atoms with E-state index in [1.54, 1.807) is 37.4 Å². The molecule has 0 saturated carbocycles. The maximum absolute atomic E-state index is 12.4. The van der Waals surface area contributed by atoms with Gasteiger partial charge in [0.25, 0.3) is 0 Å². The smallest absolute Gasteiger partial charge is 0.244 e. The summed E-state index contributed by atoms with van der Waals surface area (Å²) in [5.41, 5.74) is 0. The second-order valence-corrected chi connectivity index (χ2v) is 6.89. The summed E-state index contributed by atoms with van der Waals surface area (Å²) in [5, 5.41) is 0.309. The molecule has 0 aromatic heterocycles. The van der Waals surface area contributed by atoms with Gasteiger partial charge in [-0.2, -0.15) is 0 Å². The number of ether oxygens (including phenoxy) is 3. The Balaban J connectivity index is 1.97. The number of benzene rings is 2. The molecule has 24 heavy (non-hydrogen) atoms. The van der Waals surface area contributed by atoms with Crippen molar-refractivity contribution in [3.8, 4) is 17.2 Å². The van der Waals surface area contributed by atoms with Gasteiger partial charge < -0.3 is 14.2 Å². The summed E-state index contributed by atoms with van der Waals surface area (Å²) in [6.45, 7) is 0.254. The number of nitrogens with one attached hydrogen (secondary N) is 1. The molecule has 0 atom stereocenters. The highest BCUT2D eigenvalue weighted by molar-refractivity contribution is 7.89. The summed E-state index contributed by atoms with van der Waals surface area (Å²) >= 11 is 5.87. The van der Waals surface area contributed by atoms with Gasteiger partial charge in [0.1, 0.15) is 28.8 Å². The predicted octanol–water partition coefficient (Wildman–Crippen LogP) is 2.71. The van der Waals surface area contributed by atoms with Crippen molar-refractivity contribution in [3.05, 3.63) is 47.5 Å². The van der Waals surface area contributed by atoms with E-state index in [2.05, 4.69) is 4.72 Å². The molecule has 2 aromatic rings. The van der Waals surface area contributed by atoms with E-state index in [0.29, 0.717) is 16.5 Å². The zero-order chi connectivity index (χ0) is 17.6. The Bertz CT molecular complexity index is 795. The zero-order valence-electron chi connectivity index (χ0n) is 13.3. The second-order valence-electron chi connectivity index (χ2n) is 4.72. The van der Waals surface area contributed by atoms with Crippen LogP contribution in [0.15, 0.2) is 47.4 Å². The number of halogens is 1. The third-order valence-corrected chi connectivity index (χ3v) is 4.84. The summed E-state index contributed by atoms with van der Waals surface area (Å²) in [7, 11) is -0.799. The topological polar surface area (TPSA) is 73.9 Å². The molecule has 0 aliphatic carbocycles. The lowest BCUT2D eigenvalue weighted by atomic mass is 10.3. The first-order valence-electron chi connectivity index (χ1n) is 7.06. The lowest BCUT2D eigenvalue weighted by molar-refractivity contribution is 0.319. The van der Waals surface area contributed by atoms with Gasteiger partial charge in [-0.3, -0.25) is 0 Å². The van der Waals surface area contributed by atoms with Crippen molar-refractivity contribution < 1.29 is 22.6 Å². The summed E-state index contributed by atoms with van der Waals surface area (Å²) in [5.74, 6) is 1.48. The highest BCUT2D eigenvalue weighted by Gasteiger charge is 2.19. The van der Waals surface area contributed by atoms with Crippen molar-refractivity contribution >= 4 is 21.6 Å². The molecule has 0 aliphatic heterocycles. The third kappa shape index (κ3) is 4.77. The standard InChI is InChI=1S/C16H18ClNO5S/c1-21-13-4-3-5-14(11-13)23-9-8-18-24(19,20)16-10-12(17)6-7-15(16)22-2/h3-7,10-11,18H,8-9H2,1-2H3. The summed E-state index contributed by atoms with van der Waals surface area (Å²) < 4.78 is 42.8. The highest BCUT2D eigenvalue weighted by atomic mass is 35.5. The molecule has 0 aliphatic rings. The number of sulfonamides is 1. The maximum Gasteiger partial charge on any atom is 0.244 e. The maximum atomic E-state index is 12.4. The average Bonchev–Trinajstić information content (AvgIpc) is 2.59.